The molecule has 30 heteroatoms. The minimum Gasteiger partial charge on any atom is -0.458 e. The minimum absolute atomic E-state index is 0.0184. The first-order chi connectivity index (χ1) is 47.4. The molecule has 0 radical (unpaired) electrons. The van der Waals surface area contributed by atoms with Crippen LogP contribution in [0.4, 0.5) is 0 Å². The molecule has 0 spiro atoms. The predicted molar refractivity (Wildman–Crippen MR) is 343 cm³/mol. The maximum Gasteiger partial charge on any atom is 0.331 e. The molecular formula is C70H108O30. The van der Waals surface area contributed by atoms with Gasteiger partial charge in [0.2, 0.25) is 0 Å². The molecule has 0 unspecified atom stereocenters. The highest BCUT2D eigenvalue weighted by atomic mass is 16.8. The van der Waals surface area contributed by atoms with Gasteiger partial charge in [-0.3, -0.25) is 0 Å². The number of hydrogen-bond donors (Lipinski definition) is 12. The molecule has 9 fully saturated rings. The second kappa shape index (κ2) is 31.5. The quantitative estimate of drug-likeness (QED) is 0.0401. The first kappa shape index (κ1) is 78.1. The van der Waals surface area contributed by atoms with Gasteiger partial charge in [0.1, 0.15) is 108 Å². The summed E-state index contributed by atoms with van der Waals surface area (Å²) in [6.07, 6.45) is -25.7. The number of benzene rings is 1. The van der Waals surface area contributed by atoms with Crippen molar-refractivity contribution in [3.63, 3.8) is 0 Å². The highest BCUT2D eigenvalue weighted by Gasteiger charge is 2.81. The Hall–Kier alpha value is -2.95. The van der Waals surface area contributed by atoms with Crippen LogP contribution in [0.15, 0.2) is 48.1 Å². The van der Waals surface area contributed by atoms with Crippen molar-refractivity contribution in [2.45, 2.75) is 314 Å². The summed E-state index contributed by atoms with van der Waals surface area (Å²) in [4.78, 5) is 13.7. The maximum atomic E-state index is 13.7. The van der Waals surface area contributed by atoms with Crippen molar-refractivity contribution in [1.82, 2.24) is 0 Å². The van der Waals surface area contributed by atoms with E-state index < -0.39 is 231 Å². The smallest absolute Gasteiger partial charge is 0.331 e. The summed E-state index contributed by atoms with van der Waals surface area (Å²) >= 11 is 0. The second-order valence-corrected chi connectivity index (χ2v) is 29.6. The number of carbonyl (C=O) groups excluding carboxylic acids is 1. The third kappa shape index (κ3) is 14.5. The Kier molecular flexibility index (Phi) is 24.6. The molecule has 6 aliphatic heterocycles. The summed E-state index contributed by atoms with van der Waals surface area (Å²) < 4.78 is 105. The van der Waals surface area contributed by atoms with Gasteiger partial charge in [0.05, 0.1) is 73.6 Å². The lowest BCUT2D eigenvalue weighted by atomic mass is 9.42. The number of ether oxygens (including phenoxy) is 17. The van der Waals surface area contributed by atoms with Gasteiger partial charge in [-0.15, -0.1) is 0 Å². The topological polar surface area (TPSA) is 417 Å². The molecule has 568 valence electrons. The van der Waals surface area contributed by atoms with E-state index in [2.05, 4.69) is 6.92 Å². The van der Waals surface area contributed by atoms with Gasteiger partial charge < -0.3 is 142 Å². The zero-order chi connectivity index (χ0) is 72.3. The Morgan fingerprint density at radius 2 is 1.11 bits per heavy atom. The largest absolute Gasteiger partial charge is 0.458 e. The summed E-state index contributed by atoms with van der Waals surface area (Å²) in [5, 5.41) is 135. The summed E-state index contributed by atoms with van der Waals surface area (Å²) in [5.41, 5.74) is -6.08. The molecule has 6 saturated heterocycles. The van der Waals surface area contributed by atoms with E-state index in [0.717, 1.165) is 11.1 Å². The Labute approximate surface area is 582 Å². The van der Waals surface area contributed by atoms with Crippen molar-refractivity contribution >= 4 is 12.0 Å². The lowest BCUT2D eigenvalue weighted by molar-refractivity contribution is -0.373. The fraction of sp³-hybridized carbons (Fsp3) is 0.843. The van der Waals surface area contributed by atoms with Gasteiger partial charge >= 0.3 is 5.97 Å². The van der Waals surface area contributed by atoms with Gasteiger partial charge in [-0.2, -0.15) is 0 Å². The highest BCUT2D eigenvalue weighted by molar-refractivity contribution is 5.87. The standard InChI is InChI=1S/C70H108O30/c1-32-58(40(84-8)26-48(89-32)93-39-20-21-66(6)38(25-39)19-22-69(82)45(66)29-46(96-47(73)18-17-37-15-13-12-14-16-37)67(7)68(81,36(5)72)23-24-70(67,69)83)97-49-27-41(85-9)60(34(3)90-49)100-65-57(80)62(87-11)61(35(4)92-65)98-50-28-42(86-10)59(33(2)91-50)99-64-56(79)54(77)52(75)44(95-64)31-88-63-55(78)53(76)51(74)43(30-71)94-63/h12-19,32-36,39-46,48-65,71-72,74-83H,20-31H2,1-11H3/b18-17+/t32-,33-,34-,35-,36+,39+,40+,41+,42-,43-,44-,45-,46-,48+,49+,50+,51-,52-,53+,54+,55-,56-,57-,58-,59-,60-,61+,62-,63-,64+,65+,66+,67-,68+,69+,70-/m1/s1. The molecule has 10 aliphatic rings. The number of methoxy groups -OCH3 is 4. The van der Waals surface area contributed by atoms with Crippen molar-refractivity contribution in [3.05, 3.63) is 53.6 Å². The van der Waals surface area contributed by atoms with Crippen LogP contribution in [-0.4, -0.2) is 310 Å². The highest BCUT2D eigenvalue weighted by Crippen LogP contribution is 2.71. The third-order valence-electron chi connectivity index (χ3n) is 24.0. The molecule has 4 aliphatic carbocycles. The molecule has 3 saturated carbocycles. The Morgan fingerprint density at radius 1 is 0.590 bits per heavy atom. The molecule has 100 heavy (non-hydrogen) atoms. The van der Waals surface area contributed by atoms with Crippen LogP contribution in [0.1, 0.15) is 118 Å². The van der Waals surface area contributed by atoms with Crippen molar-refractivity contribution in [2.24, 2.45) is 16.7 Å². The predicted octanol–water partition coefficient (Wildman–Crippen LogP) is -0.353. The summed E-state index contributed by atoms with van der Waals surface area (Å²) in [6.45, 7) is 11.0. The number of fused-ring (bicyclic) bond motifs is 5. The van der Waals surface area contributed by atoms with E-state index in [9.17, 15) is 66.1 Å². The molecule has 30 nitrogen and oxygen atoms in total. The van der Waals surface area contributed by atoms with E-state index in [-0.39, 0.29) is 44.6 Å². The lowest BCUT2D eigenvalue weighted by Crippen LogP contribution is -2.78. The van der Waals surface area contributed by atoms with Crippen LogP contribution in [-0.2, 0) is 85.3 Å². The third-order valence-corrected chi connectivity index (χ3v) is 24.0. The molecule has 1 aromatic rings. The van der Waals surface area contributed by atoms with Gasteiger partial charge in [0.15, 0.2) is 37.7 Å². The Bertz CT molecular complexity index is 2910. The molecule has 12 N–H and O–H groups in total. The van der Waals surface area contributed by atoms with Crippen molar-refractivity contribution in [3.8, 4) is 0 Å². The van der Waals surface area contributed by atoms with Crippen molar-refractivity contribution < 1.29 is 147 Å². The van der Waals surface area contributed by atoms with Gasteiger partial charge in [-0.05, 0) is 96.6 Å². The monoisotopic (exact) mass is 1430 g/mol. The Morgan fingerprint density at radius 3 is 1.67 bits per heavy atom. The first-order valence-electron chi connectivity index (χ1n) is 35.2. The minimum atomic E-state index is -1.95. The van der Waals surface area contributed by atoms with Crippen LogP contribution in [0, 0.1) is 16.7 Å². The molecule has 0 aromatic heterocycles. The molecule has 0 amide bonds. The summed E-state index contributed by atoms with van der Waals surface area (Å²) in [7, 11) is 5.99. The number of aliphatic hydroxyl groups excluding tert-OH is 9. The van der Waals surface area contributed by atoms with E-state index in [1.807, 2.05) is 43.3 Å². The lowest BCUT2D eigenvalue weighted by Gasteiger charge is -2.67. The SMILES string of the molecule is CO[C@@H]1[C@@H](O)[C@H](O[C@H]2[C@@H](OC)C[C@H](O[C@H]3[C@@H](OC)C[C@H](O[C@H]4CC[C@@]5(C)C(=CC[C@]6(O)[C@@H]5C[C@@H](OC(=O)/C=C/c5ccccc5)[C@@]5(C)[C@]6(O)CC[C@]5(O)[C@H](C)O)C4)O[C@@H]3C)O[C@@H]2C)O[C@H](C)[C@@H]1O[C@H]1C[C@@H](OC)[C@H](O[C@@H]2O[C@H](CO[C@@H]3O[C@H](CO)[C@@H](O)[C@H](O)[C@H]3O)[C@@H](O)[C@H](O)[C@H]2O)[C@@H](C)O1. The normalized spacial score (nSPS) is 50.2. The van der Waals surface area contributed by atoms with Crippen LogP contribution >= 0.6 is 0 Å². The van der Waals surface area contributed by atoms with Crippen LogP contribution in [0.5, 0.6) is 0 Å². The van der Waals surface area contributed by atoms with E-state index in [0.29, 0.717) is 25.7 Å². The molecule has 1 aromatic carbocycles. The van der Waals surface area contributed by atoms with E-state index in [1.54, 1.807) is 48.0 Å². The van der Waals surface area contributed by atoms with Gasteiger partial charge in [-0.25, -0.2) is 4.79 Å². The Balaban J connectivity index is 0.665. The number of esters is 1. The van der Waals surface area contributed by atoms with E-state index in [4.69, 9.17) is 80.5 Å². The zero-order valence-corrected chi connectivity index (χ0v) is 58.7. The molecule has 11 rings (SSSR count). The van der Waals surface area contributed by atoms with Crippen molar-refractivity contribution in [1.29, 1.82) is 0 Å². The number of carbonyl (C=O) groups is 1. The van der Waals surface area contributed by atoms with E-state index in [1.165, 1.54) is 27.2 Å². The number of rotatable bonds is 22. The van der Waals surface area contributed by atoms with E-state index >= 15 is 0 Å². The van der Waals surface area contributed by atoms with Crippen LogP contribution < -0.4 is 0 Å². The maximum absolute atomic E-state index is 13.7. The average Bonchev–Trinajstić information content (AvgIpc) is 1.39. The van der Waals surface area contributed by atoms with Crippen LogP contribution in [0.25, 0.3) is 6.08 Å². The number of aliphatic hydroxyl groups is 12. The van der Waals surface area contributed by atoms with Gasteiger partial charge in [-0.1, -0.05) is 55.8 Å². The molecule has 36 atom stereocenters. The second-order valence-electron chi connectivity index (χ2n) is 29.6. The van der Waals surface area contributed by atoms with Crippen LogP contribution in [0.3, 0.4) is 0 Å². The number of hydrogen-bond acceptors (Lipinski definition) is 30. The molecular weight excluding hydrogens is 1320 g/mol. The molecule has 6 heterocycles. The van der Waals surface area contributed by atoms with Crippen molar-refractivity contribution in [2.75, 3.05) is 41.7 Å². The average molecular weight is 1430 g/mol. The fourth-order valence-corrected chi connectivity index (χ4v) is 18.1. The van der Waals surface area contributed by atoms with Crippen LogP contribution in [0.2, 0.25) is 0 Å². The summed E-state index contributed by atoms with van der Waals surface area (Å²) in [5.74, 6) is -1.27. The van der Waals surface area contributed by atoms with Gasteiger partial charge in [0.25, 0.3) is 0 Å². The van der Waals surface area contributed by atoms with Gasteiger partial charge in [0, 0.05) is 59.7 Å². The summed E-state index contributed by atoms with van der Waals surface area (Å²) in [6, 6.07) is 9.27. The fourth-order valence-electron chi connectivity index (χ4n) is 18.1. The zero-order valence-electron chi connectivity index (χ0n) is 58.7. The first-order valence-corrected chi connectivity index (χ1v) is 35.2. The molecule has 0 bridgehead atoms.